The Morgan fingerprint density at radius 1 is 0.525 bits per heavy atom. The quantitative estimate of drug-likeness (QED) is 0.278. The minimum absolute atomic E-state index is 0.427. The van der Waals surface area contributed by atoms with Gasteiger partial charge >= 0.3 is 14.2 Å². The summed E-state index contributed by atoms with van der Waals surface area (Å²) in [7, 11) is -0.961. The van der Waals surface area contributed by atoms with E-state index in [1.54, 1.807) is 0 Å². The maximum atomic E-state index is 6.64. The highest BCUT2D eigenvalue weighted by molar-refractivity contribution is 6.62. The van der Waals surface area contributed by atoms with Crippen LogP contribution in [0.3, 0.4) is 0 Å². The van der Waals surface area contributed by atoms with Gasteiger partial charge in [0.15, 0.2) is 11.5 Å². The number of rotatable bonds is 3. The van der Waals surface area contributed by atoms with Crippen LogP contribution >= 0.6 is 0 Å². The lowest BCUT2D eigenvalue weighted by molar-refractivity contribution is 0.00578. The van der Waals surface area contributed by atoms with Crippen molar-refractivity contribution in [2.75, 3.05) is 4.90 Å². The van der Waals surface area contributed by atoms with E-state index in [-0.39, 0.29) is 0 Å². The number of aryl methyl sites for hydroxylation is 2. The summed E-state index contributed by atoms with van der Waals surface area (Å²) in [6.07, 6.45) is 0. The Kier molecular flexibility index (Phi) is 6.07. The molecule has 0 N–H and O–H groups in total. The van der Waals surface area contributed by atoms with E-state index in [4.69, 9.17) is 23.4 Å². The molecule has 0 spiro atoms. The monoisotopic (exact) mass is 539 g/mol. The topological polar surface area (TPSA) is 49.4 Å². The lowest BCUT2D eigenvalue weighted by Gasteiger charge is -2.34. The van der Waals surface area contributed by atoms with Gasteiger partial charge < -0.3 is 28.3 Å². The predicted molar refractivity (Wildman–Crippen MR) is 162 cm³/mol. The van der Waals surface area contributed by atoms with E-state index in [1.165, 1.54) is 11.1 Å². The molecule has 3 aromatic rings. The SMILES string of the molecule is Cc1ccc(N2c3ccc(B4OC(C)(C)C(C)(C)O4)cc3Oc3cc(B4OC(C)(C)C(C)(C)O4)ccc32)c(C)c1. The van der Waals surface area contributed by atoms with Crippen molar-refractivity contribution in [3.05, 3.63) is 65.7 Å². The van der Waals surface area contributed by atoms with Crippen LogP contribution in [0, 0.1) is 13.8 Å². The fraction of sp³-hybridized carbons (Fsp3) is 0.438. The van der Waals surface area contributed by atoms with Crippen LogP contribution in [0.2, 0.25) is 0 Å². The molecule has 3 heterocycles. The summed E-state index contributed by atoms with van der Waals surface area (Å²) >= 11 is 0. The fourth-order valence-electron chi connectivity index (χ4n) is 5.41. The summed E-state index contributed by atoms with van der Waals surface area (Å²) in [4.78, 5) is 2.27. The summed E-state index contributed by atoms with van der Waals surface area (Å²) in [6.45, 7) is 20.8. The molecular formula is C32H39B2NO5. The highest BCUT2D eigenvalue weighted by Crippen LogP contribution is 2.51. The van der Waals surface area contributed by atoms with Crippen molar-refractivity contribution in [2.24, 2.45) is 0 Å². The number of hydrogen-bond acceptors (Lipinski definition) is 6. The molecule has 40 heavy (non-hydrogen) atoms. The third-order valence-electron chi connectivity index (χ3n) is 9.31. The van der Waals surface area contributed by atoms with E-state index in [9.17, 15) is 0 Å². The zero-order chi connectivity index (χ0) is 28.8. The second-order valence-corrected chi connectivity index (χ2v) is 13.4. The average Bonchev–Trinajstić information content (AvgIpc) is 3.21. The van der Waals surface area contributed by atoms with E-state index in [2.05, 4.69) is 117 Å². The average molecular weight is 539 g/mol. The van der Waals surface area contributed by atoms with Crippen LogP contribution in [0.5, 0.6) is 11.5 Å². The van der Waals surface area contributed by atoms with E-state index in [0.29, 0.717) is 0 Å². The molecule has 6 nitrogen and oxygen atoms in total. The van der Waals surface area contributed by atoms with Gasteiger partial charge in [-0.3, -0.25) is 0 Å². The standard InChI is InChI=1S/C32H39B2NO5/c1-20-11-14-24(21(2)17-20)35-25-15-12-22(33-37-29(3,4)30(5,6)38-33)18-27(25)36-28-19-23(13-16-26(28)35)34-39-31(7,8)32(9,10)40-34/h11-19H,1-10H3. The third kappa shape index (κ3) is 4.28. The molecule has 0 aliphatic carbocycles. The molecule has 0 unspecified atom stereocenters. The number of ether oxygens (including phenoxy) is 1. The van der Waals surface area contributed by atoms with E-state index in [1.807, 2.05) is 12.1 Å². The summed E-state index contributed by atoms with van der Waals surface area (Å²) in [6, 6.07) is 19.0. The van der Waals surface area contributed by atoms with Crippen molar-refractivity contribution in [1.82, 2.24) is 0 Å². The van der Waals surface area contributed by atoms with Gasteiger partial charge in [0.25, 0.3) is 0 Å². The Bertz CT molecular complexity index is 1380. The number of benzene rings is 3. The van der Waals surface area contributed by atoms with Crippen LogP contribution in [0.4, 0.5) is 17.1 Å². The van der Waals surface area contributed by atoms with Crippen LogP contribution in [0.15, 0.2) is 54.6 Å². The largest absolute Gasteiger partial charge is 0.494 e. The Morgan fingerprint density at radius 2 is 0.925 bits per heavy atom. The van der Waals surface area contributed by atoms with Crippen LogP contribution in [-0.2, 0) is 18.6 Å². The summed E-state index contributed by atoms with van der Waals surface area (Å²) in [5, 5.41) is 0. The second kappa shape index (κ2) is 8.86. The van der Waals surface area contributed by atoms with Gasteiger partial charge in [0.2, 0.25) is 0 Å². The molecule has 0 bridgehead atoms. The van der Waals surface area contributed by atoms with Gasteiger partial charge in [-0.25, -0.2) is 0 Å². The lowest BCUT2D eigenvalue weighted by atomic mass is 9.78. The summed E-state index contributed by atoms with van der Waals surface area (Å²) in [5.74, 6) is 1.48. The zero-order valence-corrected chi connectivity index (χ0v) is 25.3. The molecular weight excluding hydrogens is 500 g/mol. The normalized spacial score (nSPS) is 21.7. The van der Waals surface area contributed by atoms with Crippen molar-refractivity contribution >= 4 is 42.2 Å². The molecule has 3 aliphatic heterocycles. The van der Waals surface area contributed by atoms with Crippen molar-refractivity contribution in [3.63, 3.8) is 0 Å². The zero-order valence-electron chi connectivity index (χ0n) is 25.3. The van der Waals surface area contributed by atoms with Gasteiger partial charge in [-0.15, -0.1) is 0 Å². The van der Waals surface area contributed by atoms with Crippen molar-refractivity contribution < 1.29 is 23.4 Å². The molecule has 0 atom stereocenters. The molecule has 0 radical (unpaired) electrons. The molecule has 3 aromatic carbocycles. The van der Waals surface area contributed by atoms with Gasteiger partial charge in [0.1, 0.15) is 0 Å². The first kappa shape index (κ1) is 27.4. The number of hydrogen-bond donors (Lipinski definition) is 0. The summed E-state index contributed by atoms with van der Waals surface area (Å²) < 4.78 is 32.1. The lowest BCUT2D eigenvalue weighted by Crippen LogP contribution is -2.41. The molecule has 0 saturated carbocycles. The van der Waals surface area contributed by atoms with Crippen LogP contribution < -0.4 is 20.6 Å². The minimum Gasteiger partial charge on any atom is -0.453 e. The molecule has 2 saturated heterocycles. The Balaban J connectivity index is 1.44. The fourth-order valence-corrected chi connectivity index (χ4v) is 5.41. The smallest absolute Gasteiger partial charge is 0.453 e. The Hall–Kier alpha value is -2.77. The van der Waals surface area contributed by atoms with Crippen molar-refractivity contribution in [2.45, 2.75) is 91.6 Å². The van der Waals surface area contributed by atoms with Gasteiger partial charge in [0.05, 0.1) is 33.8 Å². The van der Waals surface area contributed by atoms with Crippen LogP contribution in [-0.4, -0.2) is 36.6 Å². The highest BCUT2D eigenvalue weighted by Gasteiger charge is 2.53. The highest BCUT2D eigenvalue weighted by atomic mass is 16.7. The molecule has 0 aromatic heterocycles. The molecule has 3 aliphatic rings. The first-order chi connectivity index (χ1) is 18.6. The van der Waals surface area contributed by atoms with Crippen molar-refractivity contribution in [3.8, 4) is 11.5 Å². The first-order valence-electron chi connectivity index (χ1n) is 14.1. The third-order valence-corrected chi connectivity index (χ3v) is 9.31. The van der Waals surface area contributed by atoms with Gasteiger partial charge in [-0.1, -0.05) is 29.8 Å². The molecule has 208 valence electrons. The minimum atomic E-state index is -0.481. The molecule has 6 rings (SSSR count). The first-order valence-corrected chi connectivity index (χ1v) is 14.1. The molecule has 0 amide bonds. The number of fused-ring (bicyclic) bond motifs is 2. The van der Waals surface area contributed by atoms with E-state index in [0.717, 1.165) is 39.5 Å². The van der Waals surface area contributed by atoms with Gasteiger partial charge in [0, 0.05) is 5.69 Å². The maximum Gasteiger partial charge on any atom is 0.494 e. The predicted octanol–water partition coefficient (Wildman–Crippen LogP) is 6.48. The Labute approximate surface area is 239 Å². The molecule has 2 fully saturated rings. The van der Waals surface area contributed by atoms with E-state index < -0.39 is 36.6 Å². The van der Waals surface area contributed by atoms with Gasteiger partial charge in [-0.05, 0) is 116 Å². The Morgan fingerprint density at radius 3 is 1.32 bits per heavy atom. The summed E-state index contributed by atoms with van der Waals surface area (Å²) in [5.41, 5.74) is 5.56. The van der Waals surface area contributed by atoms with Gasteiger partial charge in [-0.2, -0.15) is 0 Å². The molecule has 8 heteroatoms. The van der Waals surface area contributed by atoms with Crippen molar-refractivity contribution in [1.29, 1.82) is 0 Å². The maximum absolute atomic E-state index is 6.64. The van der Waals surface area contributed by atoms with Crippen LogP contribution in [0.25, 0.3) is 0 Å². The number of nitrogens with zero attached hydrogens (tertiary/aromatic N) is 1. The second-order valence-electron chi connectivity index (χ2n) is 13.4. The van der Waals surface area contributed by atoms with Crippen LogP contribution in [0.1, 0.15) is 66.5 Å². The van der Waals surface area contributed by atoms with E-state index >= 15 is 0 Å². The number of anilines is 3.